The van der Waals surface area contributed by atoms with E-state index in [2.05, 4.69) is 13.8 Å². The topological polar surface area (TPSA) is 33.1 Å². The molecular formula is C12H19NOS. The molecule has 0 atom stereocenters. The second kappa shape index (κ2) is 3.56. The quantitative estimate of drug-likeness (QED) is 0.855. The lowest BCUT2D eigenvalue weighted by Crippen LogP contribution is -2.16. The molecule has 0 spiro atoms. The van der Waals surface area contributed by atoms with Crippen molar-refractivity contribution in [2.24, 2.45) is 0 Å². The third-order valence-corrected chi connectivity index (χ3v) is 4.25. The molecule has 1 aromatic rings. The number of rotatable bonds is 3. The molecule has 1 aromatic heterocycles. The molecule has 0 unspecified atom stereocenters. The van der Waals surface area contributed by atoms with Crippen LogP contribution >= 0.6 is 11.3 Å². The highest BCUT2D eigenvalue weighted by Crippen LogP contribution is 2.45. The molecule has 3 heteroatoms. The summed E-state index contributed by atoms with van der Waals surface area (Å²) >= 11 is 1.70. The van der Waals surface area contributed by atoms with Gasteiger partial charge in [-0.25, -0.2) is 4.98 Å². The Morgan fingerprint density at radius 1 is 1.40 bits per heavy atom. The number of hydrogen-bond donors (Lipinski definition) is 1. The third-order valence-electron chi connectivity index (χ3n) is 2.70. The number of aliphatic hydroxyl groups is 1. The van der Waals surface area contributed by atoms with Gasteiger partial charge in [0.25, 0.3) is 0 Å². The van der Waals surface area contributed by atoms with Crippen LogP contribution in [0.15, 0.2) is 0 Å². The Morgan fingerprint density at radius 2 is 2.00 bits per heavy atom. The summed E-state index contributed by atoms with van der Waals surface area (Å²) in [7, 11) is 0. The predicted octanol–water partition coefficient (Wildman–Crippen LogP) is 3.37. The van der Waals surface area contributed by atoms with Crippen LogP contribution in [0.3, 0.4) is 0 Å². The van der Waals surface area contributed by atoms with Gasteiger partial charge in [-0.1, -0.05) is 13.8 Å². The van der Waals surface area contributed by atoms with E-state index in [0.29, 0.717) is 11.8 Å². The van der Waals surface area contributed by atoms with E-state index >= 15 is 0 Å². The van der Waals surface area contributed by atoms with Crippen LogP contribution in [0.5, 0.6) is 0 Å². The van der Waals surface area contributed by atoms with Crippen LogP contribution in [0.1, 0.15) is 68.0 Å². The minimum absolute atomic E-state index is 0.398. The summed E-state index contributed by atoms with van der Waals surface area (Å²) in [6, 6.07) is 0. The molecule has 2 nitrogen and oxygen atoms in total. The van der Waals surface area contributed by atoms with Gasteiger partial charge in [-0.05, 0) is 32.6 Å². The Labute approximate surface area is 95.4 Å². The zero-order valence-corrected chi connectivity index (χ0v) is 10.7. The van der Waals surface area contributed by atoms with E-state index < -0.39 is 5.60 Å². The fourth-order valence-corrected chi connectivity index (χ4v) is 3.07. The van der Waals surface area contributed by atoms with Crippen molar-refractivity contribution in [1.29, 1.82) is 0 Å². The zero-order chi connectivity index (χ0) is 11.2. The second-order valence-corrected chi connectivity index (χ2v) is 6.29. The van der Waals surface area contributed by atoms with Crippen LogP contribution in [0, 0.1) is 0 Å². The molecule has 0 aromatic carbocycles. The van der Waals surface area contributed by atoms with Crippen LogP contribution in [0.4, 0.5) is 0 Å². The van der Waals surface area contributed by atoms with E-state index in [-0.39, 0.29) is 0 Å². The van der Waals surface area contributed by atoms with E-state index in [0.717, 1.165) is 10.6 Å². The fourth-order valence-electron chi connectivity index (χ4n) is 1.68. The van der Waals surface area contributed by atoms with Crippen molar-refractivity contribution < 1.29 is 5.11 Å². The number of hydrogen-bond acceptors (Lipinski definition) is 3. The fraction of sp³-hybridized carbons (Fsp3) is 0.750. The summed E-state index contributed by atoms with van der Waals surface area (Å²) in [4.78, 5) is 5.75. The summed E-state index contributed by atoms with van der Waals surface area (Å²) in [6.45, 7) is 7.98. The lowest BCUT2D eigenvalue weighted by Gasteiger charge is -2.17. The number of nitrogens with zero attached hydrogens (tertiary/aromatic N) is 1. The van der Waals surface area contributed by atoms with Crippen molar-refractivity contribution in [3.63, 3.8) is 0 Å². The Hall–Kier alpha value is -0.410. The lowest BCUT2D eigenvalue weighted by molar-refractivity contribution is 0.0811. The Balaban J connectivity index is 2.41. The molecule has 15 heavy (non-hydrogen) atoms. The van der Waals surface area contributed by atoms with Crippen molar-refractivity contribution in [1.82, 2.24) is 4.98 Å². The normalized spacial score (nSPS) is 17.5. The molecule has 1 heterocycles. The summed E-state index contributed by atoms with van der Waals surface area (Å²) in [5, 5.41) is 11.3. The van der Waals surface area contributed by atoms with Crippen LogP contribution in [-0.2, 0) is 5.60 Å². The van der Waals surface area contributed by atoms with Crippen LogP contribution < -0.4 is 0 Å². The molecule has 1 aliphatic rings. The lowest BCUT2D eigenvalue weighted by atomic mass is 10.0. The van der Waals surface area contributed by atoms with E-state index in [1.165, 1.54) is 17.8 Å². The molecule has 0 saturated heterocycles. The van der Waals surface area contributed by atoms with Gasteiger partial charge < -0.3 is 5.11 Å². The smallest absolute Gasteiger partial charge is 0.0963 e. The van der Waals surface area contributed by atoms with Crippen molar-refractivity contribution in [2.45, 2.75) is 58.0 Å². The van der Waals surface area contributed by atoms with Crippen LogP contribution in [0.25, 0.3) is 0 Å². The van der Waals surface area contributed by atoms with E-state index in [1.807, 2.05) is 13.8 Å². The summed E-state index contributed by atoms with van der Waals surface area (Å²) in [5.41, 5.74) is 0.346. The first kappa shape index (κ1) is 11.1. The first-order valence-electron chi connectivity index (χ1n) is 5.63. The Morgan fingerprint density at radius 3 is 2.33 bits per heavy atom. The van der Waals surface area contributed by atoms with Crippen LogP contribution in [0.2, 0.25) is 0 Å². The molecule has 1 aliphatic carbocycles. The van der Waals surface area contributed by atoms with Gasteiger partial charge in [-0.15, -0.1) is 11.3 Å². The minimum Gasteiger partial charge on any atom is -0.385 e. The molecule has 1 N–H and O–H groups in total. The maximum absolute atomic E-state index is 10.1. The highest BCUT2D eigenvalue weighted by molar-refractivity contribution is 7.12. The third kappa shape index (κ3) is 2.23. The predicted molar refractivity (Wildman–Crippen MR) is 63.4 cm³/mol. The van der Waals surface area contributed by atoms with E-state index in [1.54, 1.807) is 11.3 Å². The van der Waals surface area contributed by atoms with Gasteiger partial charge in [0.1, 0.15) is 0 Å². The van der Waals surface area contributed by atoms with Crippen molar-refractivity contribution in [3.8, 4) is 0 Å². The first-order chi connectivity index (χ1) is 6.89. The maximum Gasteiger partial charge on any atom is 0.0963 e. The molecule has 0 bridgehead atoms. The molecule has 2 rings (SSSR count). The van der Waals surface area contributed by atoms with E-state index in [9.17, 15) is 5.11 Å². The van der Waals surface area contributed by atoms with E-state index in [4.69, 9.17) is 4.98 Å². The SMILES string of the molecule is CC(C)c1nc(C2CC2)sc1C(C)(C)O. The average Bonchev–Trinajstić information content (AvgIpc) is 2.81. The Bertz CT molecular complexity index is 358. The molecule has 84 valence electrons. The van der Waals surface area contributed by atoms with Crippen molar-refractivity contribution >= 4 is 11.3 Å². The maximum atomic E-state index is 10.1. The first-order valence-corrected chi connectivity index (χ1v) is 6.44. The van der Waals surface area contributed by atoms with Crippen molar-refractivity contribution in [3.05, 3.63) is 15.6 Å². The largest absolute Gasteiger partial charge is 0.385 e. The Kier molecular flexibility index (Phi) is 2.63. The zero-order valence-electron chi connectivity index (χ0n) is 9.87. The number of thiazole rings is 1. The van der Waals surface area contributed by atoms with Gasteiger partial charge in [-0.3, -0.25) is 0 Å². The van der Waals surface area contributed by atoms with Gasteiger partial charge >= 0.3 is 0 Å². The van der Waals surface area contributed by atoms with Gasteiger partial charge in [0.15, 0.2) is 0 Å². The van der Waals surface area contributed by atoms with Crippen molar-refractivity contribution in [2.75, 3.05) is 0 Å². The molecule has 1 fully saturated rings. The molecule has 0 amide bonds. The molecular weight excluding hydrogens is 206 g/mol. The molecule has 0 aliphatic heterocycles. The van der Waals surface area contributed by atoms with Gasteiger partial charge in [0, 0.05) is 5.92 Å². The van der Waals surface area contributed by atoms with Gasteiger partial charge in [0.2, 0.25) is 0 Å². The second-order valence-electron chi connectivity index (χ2n) is 5.25. The highest BCUT2D eigenvalue weighted by Gasteiger charge is 2.32. The average molecular weight is 225 g/mol. The summed E-state index contributed by atoms with van der Waals surface area (Å²) in [5.74, 6) is 1.08. The van der Waals surface area contributed by atoms with Crippen LogP contribution in [-0.4, -0.2) is 10.1 Å². The van der Waals surface area contributed by atoms with Gasteiger partial charge in [0.05, 0.1) is 21.2 Å². The molecule has 0 radical (unpaired) electrons. The minimum atomic E-state index is -0.746. The number of aromatic nitrogens is 1. The highest BCUT2D eigenvalue weighted by atomic mass is 32.1. The monoisotopic (exact) mass is 225 g/mol. The standard InChI is InChI=1S/C12H19NOS/c1-7(2)9-10(12(3,4)14)15-11(13-9)8-5-6-8/h7-8,14H,5-6H2,1-4H3. The summed E-state index contributed by atoms with van der Waals surface area (Å²) < 4.78 is 0. The summed E-state index contributed by atoms with van der Waals surface area (Å²) in [6.07, 6.45) is 2.55. The van der Waals surface area contributed by atoms with Gasteiger partial charge in [-0.2, -0.15) is 0 Å². The molecule has 1 saturated carbocycles.